The molecule has 0 fully saturated rings. The molecule has 0 atom stereocenters. The summed E-state index contributed by atoms with van der Waals surface area (Å²) in [6.45, 7) is 7.90. The minimum atomic E-state index is -3.03. The number of aromatic nitrogens is 2. The molecule has 0 radical (unpaired) electrons. The van der Waals surface area contributed by atoms with E-state index in [1.54, 1.807) is 13.8 Å². The van der Waals surface area contributed by atoms with E-state index in [0.717, 1.165) is 29.8 Å². The van der Waals surface area contributed by atoms with Gasteiger partial charge in [-0.3, -0.25) is 4.68 Å². The lowest BCUT2D eigenvalue weighted by molar-refractivity contribution is 0.565. The summed E-state index contributed by atoms with van der Waals surface area (Å²) in [4.78, 5) is 0. The first-order chi connectivity index (χ1) is 8.87. The second-order valence-electron chi connectivity index (χ2n) is 4.85. The van der Waals surface area contributed by atoms with Crippen LogP contribution in [0.15, 0.2) is 0 Å². The number of alkyl halides is 1. The lowest BCUT2D eigenvalue weighted by Crippen LogP contribution is -2.22. The van der Waals surface area contributed by atoms with Crippen LogP contribution in [0.2, 0.25) is 0 Å². The Bertz CT molecular complexity index is 521. The molecule has 19 heavy (non-hydrogen) atoms. The third kappa shape index (κ3) is 3.72. The summed E-state index contributed by atoms with van der Waals surface area (Å²) < 4.78 is 25.5. The summed E-state index contributed by atoms with van der Waals surface area (Å²) in [6.07, 6.45) is 1.63. The van der Waals surface area contributed by atoms with Gasteiger partial charge in [0, 0.05) is 11.3 Å². The number of halogens is 1. The summed E-state index contributed by atoms with van der Waals surface area (Å²) in [5.41, 5.74) is 3.10. The van der Waals surface area contributed by atoms with E-state index < -0.39 is 9.84 Å². The molecule has 0 spiro atoms. The van der Waals surface area contributed by atoms with Gasteiger partial charge in [-0.15, -0.1) is 11.6 Å². The maximum atomic E-state index is 11.9. The van der Waals surface area contributed by atoms with Crippen molar-refractivity contribution in [2.24, 2.45) is 0 Å². The molecule has 1 heterocycles. The molecule has 1 aromatic rings. The van der Waals surface area contributed by atoms with Crippen LogP contribution in [-0.4, -0.2) is 29.2 Å². The Morgan fingerprint density at radius 3 is 2.32 bits per heavy atom. The Labute approximate surface area is 121 Å². The molecule has 110 valence electrons. The predicted octanol–water partition coefficient (Wildman–Crippen LogP) is 2.57. The van der Waals surface area contributed by atoms with Crippen LogP contribution >= 0.6 is 11.6 Å². The zero-order valence-corrected chi connectivity index (χ0v) is 13.7. The van der Waals surface area contributed by atoms with E-state index in [2.05, 4.69) is 5.10 Å². The fraction of sp³-hybridized carbons (Fsp3) is 0.769. The van der Waals surface area contributed by atoms with Crippen molar-refractivity contribution in [2.75, 3.05) is 5.75 Å². The second kappa shape index (κ2) is 6.75. The van der Waals surface area contributed by atoms with Gasteiger partial charge in [0.05, 0.1) is 29.1 Å². The summed E-state index contributed by atoms with van der Waals surface area (Å²) in [7, 11) is -3.03. The Morgan fingerprint density at radius 1 is 1.26 bits per heavy atom. The molecule has 0 aromatic carbocycles. The van der Waals surface area contributed by atoms with Crippen LogP contribution in [0.3, 0.4) is 0 Å². The SMILES string of the molecule is CCc1nn(CCS(=O)(=O)C(C)C)c(CC)c1CCl. The number of aryl methyl sites for hydroxylation is 2. The van der Waals surface area contributed by atoms with Crippen molar-refractivity contribution in [3.05, 3.63) is 17.0 Å². The molecule has 0 unspecified atom stereocenters. The third-order valence-electron chi connectivity index (χ3n) is 3.36. The number of hydrogen-bond donors (Lipinski definition) is 0. The van der Waals surface area contributed by atoms with Crippen LogP contribution < -0.4 is 0 Å². The quantitative estimate of drug-likeness (QED) is 0.728. The van der Waals surface area contributed by atoms with Crippen LogP contribution in [0.25, 0.3) is 0 Å². The van der Waals surface area contributed by atoms with Crippen molar-refractivity contribution in [1.29, 1.82) is 0 Å². The molecule has 0 saturated carbocycles. The van der Waals surface area contributed by atoms with E-state index in [9.17, 15) is 8.42 Å². The first kappa shape index (κ1) is 16.5. The van der Waals surface area contributed by atoms with Gasteiger partial charge in [0.1, 0.15) is 0 Å². The van der Waals surface area contributed by atoms with E-state index in [-0.39, 0.29) is 11.0 Å². The first-order valence-electron chi connectivity index (χ1n) is 6.72. The van der Waals surface area contributed by atoms with E-state index in [1.807, 2.05) is 18.5 Å². The first-order valence-corrected chi connectivity index (χ1v) is 8.97. The lowest BCUT2D eigenvalue weighted by atomic mass is 10.1. The molecule has 1 aromatic heterocycles. The second-order valence-corrected chi connectivity index (χ2v) is 7.80. The number of rotatable bonds is 7. The van der Waals surface area contributed by atoms with Crippen LogP contribution in [0.5, 0.6) is 0 Å². The van der Waals surface area contributed by atoms with Gasteiger partial charge in [-0.05, 0) is 26.7 Å². The minimum absolute atomic E-state index is 0.129. The van der Waals surface area contributed by atoms with Crippen molar-refractivity contribution in [1.82, 2.24) is 9.78 Å². The highest BCUT2D eigenvalue weighted by atomic mass is 35.5. The zero-order chi connectivity index (χ0) is 14.6. The van der Waals surface area contributed by atoms with Crippen LogP contribution in [0, 0.1) is 0 Å². The molecular formula is C13H23ClN2O2S. The number of nitrogens with zero attached hydrogens (tertiary/aromatic N) is 2. The van der Waals surface area contributed by atoms with E-state index in [1.165, 1.54) is 0 Å². The average molecular weight is 307 g/mol. The Balaban J connectivity index is 2.99. The van der Waals surface area contributed by atoms with Crippen molar-refractivity contribution < 1.29 is 8.42 Å². The molecule has 0 N–H and O–H groups in total. The van der Waals surface area contributed by atoms with Gasteiger partial charge in [0.25, 0.3) is 0 Å². The summed E-state index contributed by atoms with van der Waals surface area (Å²) in [5, 5.41) is 4.16. The van der Waals surface area contributed by atoms with Crippen LogP contribution in [-0.2, 0) is 35.1 Å². The van der Waals surface area contributed by atoms with Gasteiger partial charge in [0.15, 0.2) is 9.84 Å². The van der Waals surface area contributed by atoms with Crippen molar-refractivity contribution in [3.8, 4) is 0 Å². The largest absolute Gasteiger partial charge is 0.268 e. The smallest absolute Gasteiger partial charge is 0.154 e. The molecule has 0 aliphatic rings. The highest BCUT2D eigenvalue weighted by molar-refractivity contribution is 7.91. The highest BCUT2D eigenvalue weighted by Gasteiger charge is 2.19. The number of sulfone groups is 1. The molecule has 6 heteroatoms. The normalized spacial score (nSPS) is 12.3. The standard InChI is InChI=1S/C13H23ClN2O2S/c1-5-12-11(9-14)13(6-2)16(15-12)7-8-19(17,18)10(3)4/h10H,5-9H2,1-4H3. The molecule has 0 bridgehead atoms. The van der Waals surface area contributed by atoms with Gasteiger partial charge in [-0.2, -0.15) is 5.10 Å². The monoisotopic (exact) mass is 306 g/mol. The maximum absolute atomic E-state index is 11.9. The molecular weight excluding hydrogens is 284 g/mol. The average Bonchev–Trinajstić information content (AvgIpc) is 2.72. The zero-order valence-electron chi connectivity index (χ0n) is 12.1. The Morgan fingerprint density at radius 2 is 1.89 bits per heavy atom. The summed E-state index contributed by atoms with van der Waals surface area (Å²) in [5.74, 6) is 0.563. The van der Waals surface area contributed by atoms with Crippen LogP contribution in [0.4, 0.5) is 0 Å². The maximum Gasteiger partial charge on any atom is 0.154 e. The van der Waals surface area contributed by atoms with E-state index in [0.29, 0.717) is 12.4 Å². The predicted molar refractivity (Wildman–Crippen MR) is 79.5 cm³/mol. The van der Waals surface area contributed by atoms with Crippen molar-refractivity contribution in [2.45, 2.75) is 58.2 Å². The van der Waals surface area contributed by atoms with Gasteiger partial charge in [-0.1, -0.05) is 13.8 Å². The van der Waals surface area contributed by atoms with Gasteiger partial charge >= 0.3 is 0 Å². The van der Waals surface area contributed by atoms with E-state index in [4.69, 9.17) is 11.6 Å². The minimum Gasteiger partial charge on any atom is -0.268 e. The summed E-state index contributed by atoms with van der Waals surface area (Å²) in [6, 6.07) is 0. The fourth-order valence-corrected chi connectivity index (χ4v) is 3.26. The molecule has 0 aliphatic carbocycles. The van der Waals surface area contributed by atoms with E-state index >= 15 is 0 Å². The summed E-state index contributed by atoms with van der Waals surface area (Å²) >= 11 is 5.98. The fourth-order valence-electron chi connectivity index (χ4n) is 2.06. The topological polar surface area (TPSA) is 52.0 Å². The molecule has 0 amide bonds. The van der Waals surface area contributed by atoms with Gasteiger partial charge in [0.2, 0.25) is 0 Å². The molecule has 1 rings (SSSR count). The van der Waals surface area contributed by atoms with Crippen molar-refractivity contribution in [3.63, 3.8) is 0 Å². The molecule has 4 nitrogen and oxygen atoms in total. The van der Waals surface area contributed by atoms with Crippen LogP contribution in [0.1, 0.15) is 44.6 Å². The van der Waals surface area contributed by atoms with Gasteiger partial charge < -0.3 is 0 Å². The molecule has 0 saturated heterocycles. The highest BCUT2D eigenvalue weighted by Crippen LogP contribution is 2.19. The Kier molecular flexibility index (Phi) is 5.86. The Hall–Kier alpha value is -0.550. The van der Waals surface area contributed by atoms with Crippen molar-refractivity contribution >= 4 is 21.4 Å². The number of hydrogen-bond acceptors (Lipinski definition) is 3. The third-order valence-corrected chi connectivity index (χ3v) is 5.81. The molecule has 0 aliphatic heterocycles. The lowest BCUT2D eigenvalue weighted by Gasteiger charge is -2.10. The van der Waals surface area contributed by atoms with Gasteiger partial charge in [-0.25, -0.2) is 8.42 Å².